The van der Waals surface area contributed by atoms with E-state index in [4.69, 9.17) is 13.6 Å². The van der Waals surface area contributed by atoms with Gasteiger partial charge in [-0.2, -0.15) is 13.8 Å². The van der Waals surface area contributed by atoms with Crippen molar-refractivity contribution in [3.8, 4) is 17.2 Å². The van der Waals surface area contributed by atoms with E-state index in [9.17, 15) is 13.3 Å². The number of H-pyrrole nitrogens is 1. The fourth-order valence-electron chi connectivity index (χ4n) is 2.31. The molecule has 0 amide bonds. The third-order valence-corrected chi connectivity index (χ3v) is 4.56. The van der Waals surface area contributed by atoms with Gasteiger partial charge in [-0.15, -0.1) is 0 Å². The number of aromatic amines is 1. The summed E-state index contributed by atoms with van der Waals surface area (Å²) < 4.78 is 73.4. The van der Waals surface area contributed by atoms with E-state index in [0.29, 0.717) is 11.0 Å². The molecule has 3 aromatic rings. The molecule has 7 nitrogen and oxygen atoms in total. The number of pyridine rings is 1. The SMILES string of the molecule is [2H]C([2H])([2H])Oc1ccnc(C[S@@+]([O-])c2nc3cc(OC(F)F)ccc3[nH]2)c1OC.[NaH]. The summed E-state index contributed by atoms with van der Waals surface area (Å²) >= 11 is -1.72. The fourth-order valence-corrected chi connectivity index (χ4v) is 3.33. The number of rotatable bonds is 7. The summed E-state index contributed by atoms with van der Waals surface area (Å²) in [5, 5.41) is 0.0835. The summed E-state index contributed by atoms with van der Waals surface area (Å²) in [5.41, 5.74) is 0.982. The second-order valence-electron chi connectivity index (χ2n) is 4.98. The molecule has 0 aliphatic heterocycles. The van der Waals surface area contributed by atoms with Crippen LogP contribution in [0.1, 0.15) is 9.81 Å². The second kappa shape index (κ2) is 9.56. The van der Waals surface area contributed by atoms with Gasteiger partial charge in [0.15, 0.2) is 17.3 Å². The van der Waals surface area contributed by atoms with Crippen molar-refractivity contribution in [2.45, 2.75) is 17.5 Å². The van der Waals surface area contributed by atoms with Crippen LogP contribution in [0.15, 0.2) is 35.6 Å². The van der Waals surface area contributed by atoms with Gasteiger partial charge < -0.3 is 18.8 Å². The van der Waals surface area contributed by atoms with Crippen LogP contribution in [0.2, 0.25) is 0 Å². The number of halogens is 2. The summed E-state index contributed by atoms with van der Waals surface area (Å²) in [6, 6.07) is 5.43. The van der Waals surface area contributed by atoms with Crippen molar-refractivity contribution in [1.29, 1.82) is 0 Å². The van der Waals surface area contributed by atoms with Gasteiger partial charge in [-0.05, 0) is 12.1 Å². The Balaban J connectivity index is 0.00000320. The van der Waals surface area contributed by atoms with Gasteiger partial charge in [0, 0.05) is 29.5 Å². The number of imidazole rings is 1. The van der Waals surface area contributed by atoms with Gasteiger partial charge in [-0.25, -0.2) is 0 Å². The third kappa shape index (κ3) is 5.02. The average molecular weight is 410 g/mol. The van der Waals surface area contributed by atoms with E-state index in [1.807, 2.05) is 0 Å². The van der Waals surface area contributed by atoms with E-state index < -0.39 is 24.8 Å². The van der Waals surface area contributed by atoms with Gasteiger partial charge in [0.25, 0.3) is 0 Å². The zero-order chi connectivity index (χ0) is 21.2. The Morgan fingerprint density at radius 2 is 2.15 bits per heavy atom. The number of benzene rings is 1. The van der Waals surface area contributed by atoms with Gasteiger partial charge in [0.1, 0.15) is 11.4 Å². The Kier molecular flexibility index (Phi) is 6.20. The van der Waals surface area contributed by atoms with E-state index >= 15 is 0 Å². The number of nitrogens with one attached hydrogen (secondary N) is 1. The van der Waals surface area contributed by atoms with Crippen LogP contribution in [0.25, 0.3) is 11.0 Å². The number of alkyl halides is 2. The molecule has 0 aliphatic rings. The van der Waals surface area contributed by atoms with Crippen molar-refractivity contribution < 1.29 is 31.7 Å². The number of hydrogen-bond acceptors (Lipinski definition) is 6. The molecule has 0 unspecified atom stereocenters. The molecule has 0 bridgehead atoms. The Labute approximate surface area is 183 Å². The van der Waals surface area contributed by atoms with E-state index in [2.05, 4.69) is 19.7 Å². The molecule has 0 fully saturated rings. The van der Waals surface area contributed by atoms with Crippen LogP contribution in [0.4, 0.5) is 8.78 Å². The van der Waals surface area contributed by atoms with Gasteiger partial charge >= 0.3 is 41.3 Å². The van der Waals surface area contributed by atoms with E-state index in [1.54, 1.807) is 0 Å². The first-order chi connectivity index (χ1) is 13.7. The third-order valence-electron chi connectivity index (χ3n) is 3.40. The fraction of sp³-hybridized carbons (Fsp3) is 0.250. The van der Waals surface area contributed by atoms with Crippen molar-refractivity contribution >= 4 is 51.8 Å². The standard InChI is InChI=1S/C16H15F2N3O4S.Na.H/c1-23-13-5-6-19-12(14(13)24-2)8-26(22)16-20-10-4-3-9(25-15(17)18)7-11(10)21-16;;/h3-7,15H,8H2,1-2H3,(H,20,21);;/t26-;;/m1../s1/i1D3;;. The van der Waals surface area contributed by atoms with Crippen molar-refractivity contribution in [2.75, 3.05) is 14.1 Å². The van der Waals surface area contributed by atoms with Crippen LogP contribution in [0.5, 0.6) is 17.2 Å². The van der Waals surface area contributed by atoms with Crippen molar-refractivity contribution in [1.82, 2.24) is 15.0 Å². The monoisotopic (exact) mass is 410 g/mol. The molecule has 3 rings (SSSR count). The normalized spacial score (nSPS) is 14.0. The molecule has 0 aliphatic carbocycles. The maximum atomic E-state index is 12.7. The van der Waals surface area contributed by atoms with Crippen LogP contribution in [-0.2, 0) is 16.9 Å². The number of methoxy groups -OCH3 is 2. The zero-order valence-corrected chi connectivity index (χ0v) is 14.2. The van der Waals surface area contributed by atoms with Crippen molar-refractivity contribution in [3.05, 3.63) is 36.2 Å². The molecule has 1 N–H and O–H groups in total. The number of nitrogens with zero attached hydrogens (tertiary/aromatic N) is 2. The topological polar surface area (TPSA) is 92.3 Å². The van der Waals surface area contributed by atoms with Gasteiger partial charge in [-0.1, -0.05) is 0 Å². The average Bonchev–Trinajstić information content (AvgIpc) is 3.03. The second-order valence-corrected chi connectivity index (χ2v) is 6.35. The quantitative estimate of drug-likeness (QED) is 0.474. The summed E-state index contributed by atoms with van der Waals surface area (Å²) in [6.07, 6.45) is 1.31. The molecule has 0 radical (unpaired) electrons. The predicted molar refractivity (Wildman–Crippen MR) is 97.3 cm³/mol. The molecule has 0 saturated carbocycles. The molecule has 0 spiro atoms. The molecule has 2 aromatic heterocycles. The van der Waals surface area contributed by atoms with Crippen LogP contribution in [0.3, 0.4) is 0 Å². The van der Waals surface area contributed by atoms with E-state index in [1.165, 1.54) is 37.6 Å². The zero-order valence-electron chi connectivity index (χ0n) is 16.4. The van der Waals surface area contributed by atoms with Gasteiger partial charge in [-0.3, -0.25) is 9.97 Å². The summed E-state index contributed by atoms with van der Waals surface area (Å²) in [7, 11) is -1.39. The molecule has 0 saturated heterocycles. The molecule has 27 heavy (non-hydrogen) atoms. The Morgan fingerprint density at radius 1 is 1.33 bits per heavy atom. The van der Waals surface area contributed by atoms with Crippen LogP contribution in [-0.4, -0.2) is 69.8 Å². The summed E-state index contributed by atoms with van der Waals surface area (Å²) in [6.45, 7) is -2.97. The first-order valence-corrected chi connectivity index (χ1v) is 8.52. The number of fused-ring (bicyclic) bond motifs is 1. The van der Waals surface area contributed by atoms with Crippen LogP contribution >= 0.6 is 0 Å². The summed E-state index contributed by atoms with van der Waals surface area (Å²) in [4.78, 5) is 11.1. The predicted octanol–water partition coefficient (Wildman–Crippen LogP) is 2.24. The Hall–Kier alpha value is -1.59. The maximum absolute atomic E-state index is 12.7. The molecule has 140 valence electrons. The van der Waals surface area contributed by atoms with Crippen LogP contribution < -0.4 is 14.2 Å². The van der Waals surface area contributed by atoms with Gasteiger partial charge in [0.05, 0.1) is 29.3 Å². The van der Waals surface area contributed by atoms with Gasteiger partial charge in [0.2, 0.25) is 0 Å². The molecular weight excluding hydrogens is 391 g/mol. The number of aromatic nitrogens is 3. The molecular formula is C16H16F2N3NaO4S. The summed E-state index contributed by atoms with van der Waals surface area (Å²) in [5.74, 6) is -0.246. The van der Waals surface area contributed by atoms with E-state index in [-0.39, 0.29) is 63.4 Å². The number of ether oxygens (including phenoxy) is 3. The Morgan fingerprint density at radius 3 is 2.85 bits per heavy atom. The first kappa shape index (κ1) is 17.5. The van der Waals surface area contributed by atoms with Crippen molar-refractivity contribution in [2.24, 2.45) is 0 Å². The molecule has 1 atom stereocenters. The molecule has 2 heterocycles. The minimum atomic E-state index is -2.97. The minimum absolute atomic E-state index is 0. The van der Waals surface area contributed by atoms with E-state index in [0.717, 1.165) is 0 Å². The molecule has 11 heteroatoms. The van der Waals surface area contributed by atoms with Crippen molar-refractivity contribution in [3.63, 3.8) is 0 Å². The Bertz CT molecular complexity index is 1010. The van der Waals surface area contributed by atoms with Crippen LogP contribution in [0, 0.1) is 0 Å². The first-order valence-electron chi connectivity index (χ1n) is 8.70. The molecule has 1 aromatic carbocycles. The number of hydrogen-bond donors (Lipinski definition) is 1.